The Morgan fingerprint density at radius 2 is 1.83 bits per heavy atom. The first-order chi connectivity index (χ1) is 10.9. The van der Waals surface area contributed by atoms with Crippen molar-refractivity contribution in [2.24, 2.45) is 0 Å². The molecular weight excluding hydrogens is 316 g/mol. The number of sulfone groups is 1. The fourth-order valence-corrected chi connectivity index (χ4v) is 3.76. The summed E-state index contributed by atoms with van der Waals surface area (Å²) in [5.41, 5.74) is 1.05. The fraction of sp³-hybridized carbons (Fsp3) is 0.400. The van der Waals surface area contributed by atoms with Crippen LogP contribution in [0.5, 0.6) is 0 Å². The molecular formula is C15H18N4O3S. The van der Waals surface area contributed by atoms with Crippen LogP contribution in [0, 0.1) is 0 Å². The van der Waals surface area contributed by atoms with Gasteiger partial charge in [-0.15, -0.1) is 5.10 Å². The number of benzene rings is 1. The Hall–Kier alpha value is -2.22. The SMILES string of the molecule is CS(=O)(=O)C1CCN(C(=O)c2cnn(-c3ccccc3)n2)CC1. The molecule has 1 fully saturated rings. The summed E-state index contributed by atoms with van der Waals surface area (Å²) in [5, 5.41) is 7.98. The van der Waals surface area contributed by atoms with Crippen LogP contribution in [0.4, 0.5) is 0 Å². The van der Waals surface area contributed by atoms with Gasteiger partial charge in [0.15, 0.2) is 5.69 Å². The third-order valence-electron chi connectivity index (χ3n) is 4.03. The third kappa shape index (κ3) is 3.42. The number of likely N-dealkylation sites (tertiary alicyclic amines) is 1. The number of amides is 1. The zero-order chi connectivity index (χ0) is 16.4. The molecule has 1 aliphatic heterocycles. The number of para-hydroxylation sites is 1. The Morgan fingerprint density at radius 1 is 1.17 bits per heavy atom. The lowest BCUT2D eigenvalue weighted by Gasteiger charge is -2.30. The quantitative estimate of drug-likeness (QED) is 0.833. The molecule has 2 heterocycles. The maximum atomic E-state index is 12.5. The maximum absolute atomic E-state index is 12.5. The van der Waals surface area contributed by atoms with Gasteiger partial charge in [-0.25, -0.2) is 8.42 Å². The minimum Gasteiger partial charge on any atom is -0.337 e. The Kier molecular flexibility index (Phi) is 4.16. The van der Waals surface area contributed by atoms with Crippen molar-refractivity contribution < 1.29 is 13.2 Å². The van der Waals surface area contributed by atoms with Crippen molar-refractivity contribution in [1.82, 2.24) is 19.9 Å². The van der Waals surface area contributed by atoms with Gasteiger partial charge in [0.25, 0.3) is 5.91 Å². The van der Waals surface area contributed by atoms with E-state index in [1.165, 1.54) is 17.2 Å². The zero-order valence-corrected chi connectivity index (χ0v) is 13.6. The Morgan fingerprint density at radius 3 is 2.43 bits per heavy atom. The number of nitrogens with zero attached hydrogens (tertiary/aromatic N) is 4. The zero-order valence-electron chi connectivity index (χ0n) is 12.8. The van der Waals surface area contributed by atoms with Gasteiger partial charge in [-0.05, 0) is 25.0 Å². The lowest BCUT2D eigenvalue weighted by molar-refractivity contribution is 0.0719. The van der Waals surface area contributed by atoms with Crippen molar-refractivity contribution in [3.63, 3.8) is 0 Å². The lowest BCUT2D eigenvalue weighted by atomic mass is 10.1. The number of piperidine rings is 1. The van der Waals surface area contributed by atoms with Crippen molar-refractivity contribution in [3.8, 4) is 5.69 Å². The van der Waals surface area contributed by atoms with Gasteiger partial charge in [0.2, 0.25) is 0 Å². The van der Waals surface area contributed by atoms with Crippen molar-refractivity contribution in [2.75, 3.05) is 19.3 Å². The van der Waals surface area contributed by atoms with Crippen molar-refractivity contribution in [2.45, 2.75) is 18.1 Å². The molecule has 0 N–H and O–H groups in total. The molecule has 0 unspecified atom stereocenters. The summed E-state index contributed by atoms with van der Waals surface area (Å²) in [5.74, 6) is -0.209. The molecule has 1 amide bonds. The van der Waals surface area contributed by atoms with Gasteiger partial charge in [-0.2, -0.15) is 9.90 Å². The molecule has 1 aromatic carbocycles. The average Bonchev–Trinajstić information content (AvgIpc) is 3.04. The van der Waals surface area contributed by atoms with E-state index in [4.69, 9.17) is 0 Å². The Bertz CT molecular complexity index is 793. The van der Waals surface area contributed by atoms with Crippen LogP contribution in [0.3, 0.4) is 0 Å². The van der Waals surface area contributed by atoms with Crippen LogP contribution in [-0.2, 0) is 9.84 Å². The standard InChI is InChI=1S/C15H18N4O3S/c1-23(21,22)13-7-9-18(10-8-13)15(20)14-11-16-19(17-14)12-5-3-2-4-6-12/h2-6,11,13H,7-10H2,1H3. The molecule has 1 aromatic heterocycles. The Balaban J connectivity index is 1.69. The summed E-state index contributed by atoms with van der Waals surface area (Å²) in [6.45, 7) is 0.851. The van der Waals surface area contributed by atoms with E-state index >= 15 is 0 Å². The van der Waals surface area contributed by atoms with Crippen LogP contribution in [0.2, 0.25) is 0 Å². The van der Waals surface area contributed by atoms with Gasteiger partial charge < -0.3 is 4.90 Å². The first kappa shape index (κ1) is 15.7. The number of rotatable bonds is 3. The Labute approximate surface area is 134 Å². The molecule has 8 heteroatoms. The summed E-state index contributed by atoms with van der Waals surface area (Å²) in [4.78, 5) is 15.5. The van der Waals surface area contributed by atoms with Crippen LogP contribution in [0.15, 0.2) is 36.5 Å². The van der Waals surface area contributed by atoms with Crippen LogP contribution in [0.25, 0.3) is 5.69 Å². The van der Waals surface area contributed by atoms with Crippen LogP contribution >= 0.6 is 0 Å². The molecule has 0 radical (unpaired) electrons. The topological polar surface area (TPSA) is 85.2 Å². The second-order valence-corrected chi connectivity index (χ2v) is 8.00. The van der Waals surface area contributed by atoms with Crippen molar-refractivity contribution in [1.29, 1.82) is 0 Å². The number of aromatic nitrogens is 3. The van der Waals surface area contributed by atoms with Crippen molar-refractivity contribution >= 4 is 15.7 Å². The molecule has 1 aliphatic rings. The predicted octanol–water partition coefficient (Wildman–Crippen LogP) is 0.916. The molecule has 0 aliphatic carbocycles. The van der Waals surface area contributed by atoms with Crippen LogP contribution in [-0.4, -0.2) is 58.8 Å². The van der Waals surface area contributed by atoms with Gasteiger partial charge in [-0.3, -0.25) is 4.79 Å². The monoisotopic (exact) mass is 334 g/mol. The van der Waals surface area contributed by atoms with E-state index in [0.29, 0.717) is 25.9 Å². The van der Waals surface area contributed by atoms with E-state index in [1.54, 1.807) is 4.90 Å². The molecule has 1 saturated heterocycles. The molecule has 0 bridgehead atoms. The van der Waals surface area contributed by atoms with E-state index in [1.807, 2.05) is 30.3 Å². The second-order valence-electron chi connectivity index (χ2n) is 5.68. The van der Waals surface area contributed by atoms with E-state index in [9.17, 15) is 13.2 Å². The lowest BCUT2D eigenvalue weighted by Crippen LogP contribution is -2.42. The molecule has 0 spiro atoms. The maximum Gasteiger partial charge on any atom is 0.276 e. The van der Waals surface area contributed by atoms with Crippen LogP contribution < -0.4 is 0 Å². The summed E-state index contributed by atoms with van der Waals surface area (Å²) in [7, 11) is -3.04. The number of hydrogen-bond acceptors (Lipinski definition) is 5. The summed E-state index contributed by atoms with van der Waals surface area (Å²) < 4.78 is 23.1. The van der Waals surface area contributed by atoms with E-state index < -0.39 is 9.84 Å². The largest absolute Gasteiger partial charge is 0.337 e. The summed E-state index contributed by atoms with van der Waals surface area (Å²) >= 11 is 0. The van der Waals surface area contributed by atoms with Gasteiger partial charge in [0, 0.05) is 19.3 Å². The normalized spacial score (nSPS) is 16.5. The second kappa shape index (κ2) is 6.11. The number of carbonyl (C=O) groups excluding carboxylic acids is 1. The third-order valence-corrected chi connectivity index (χ3v) is 5.72. The number of carbonyl (C=O) groups is 1. The summed E-state index contributed by atoms with van der Waals surface area (Å²) in [6, 6.07) is 9.34. The van der Waals surface area contributed by atoms with Gasteiger partial charge in [0.1, 0.15) is 9.84 Å². The minimum atomic E-state index is -3.04. The van der Waals surface area contributed by atoms with E-state index in [0.717, 1.165) is 5.69 Å². The smallest absolute Gasteiger partial charge is 0.276 e. The van der Waals surface area contributed by atoms with Crippen molar-refractivity contribution in [3.05, 3.63) is 42.2 Å². The molecule has 23 heavy (non-hydrogen) atoms. The van der Waals surface area contributed by atoms with E-state index in [-0.39, 0.29) is 16.9 Å². The first-order valence-corrected chi connectivity index (χ1v) is 9.36. The molecule has 3 rings (SSSR count). The fourth-order valence-electron chi connectivity index (χ4n) is 2.70. The molecule has 7 nitrogen and oxygen atoms in total. The highest BCUT2D eigenvalue weighted by Crippen LogP contribution is 2.18. The highest BCUT2D eigenvalue weighted by Gasteiger charge is 2.30. The molecule has 0 saturated carbocycles. The van der Waals surface area contributed by atoms with E-state index in [2.05, 4.69) is 10.2 Å². The minimum absolute atomic E-state index is 0.209. The van der Waals surface area contributed by atoms with Crippen LogP contribution in [0.1, 0.15) is 23.3 Å². The number of hydrogen-bond donors (Lipinski definition) is 0. The molecule has 2 aromatic rings. The van der Waals surface area contributed by atoms with Gasteiger partial charge in [-0.1, -0.05) is 18.2 Å². The highest BCUT2D eigenvalue weighted by molar-refractivity contribution is 7.91. The average molecular weight is 334 g/mol. The summed E-state index contributed by atoms with van der Waals surface area (Å²) in [6.07, 6.45) is 3.63. The molecule has 122 valence electrons. The predicted molar refractivity (Wildman–Crippen MR) is 85.1 cm³/mol. The molecule has 0 atom stereocenters. The van der Waals surface area contributed by atoms with Gasteiger partial charge >= 0.3 is 0 Å². The van der Waals surface area contributed by atoms with Gasteiger partial charge in [0.05, 0.1) is 17.1 Å². The highest BCUT2D eigenvalue weighted by atomic mass is 32.2. The first-order valence-electron chi connectivity index (χ1n) is 7.41.